The highest BCUT2D eigenvalue weighted by Gasteiger charge is 2.05. The third-order valence-electron chi connectivity index (χ3n) is 3.33. The molecule has 0 atom stereocenters. The maximum atomic E-state index is 5.07. The van der Waals surface area contributed by atoms with E-state index in [1.54, 1.807) is 25.5 Å². The number of halogens is 1. The van der Waals surface area contributed by atoms with Gasteiger partial charge in [0.25, 0.3) is 0 Å². The Morgan fingerprint density at radius 3 is 2.61 bits per heavy atom. The summed E-state index contributed by atoms with van der Waals surface area (Å²) in [5.74, 6) is 0.838. The molecule has 0 aliphatic rings. The second-order valence-corrected chi connectivity index (χ2v) is 6.53. The number of aryl methyl sites for hydroxylation is 2. The molecule has 0 saturated heterocycles. The Hall–Kier alpha value is -0.450. The fourth-order valence-corrected chi connectivity index (χ4v) is 2.91. The number of hydrogen-bond donors (Lipinski definition) is 2. The molecule has 0 spiro atoms. The zero-order valence-corrected chi connectivity index (χ0v) is 18.0. The molecular weight excluding hydrogens is 425 g/mol. The molecule has 1 rings (SSSR count). The molecule has 0 aromatic carbocycles. The summed E-state index contributed by atoms with van der Waals surface area (Å²) in [4.78, 5) is 12.2. The van der Waals surface area contributed by atoms with Gasteiger partial charge in [-0.1, -0.05) is 0 Å². The predicted molar refractivity (Wildman–Crippen MR) is 109 cm³/mol. The molecule has 2 N–H and O–H groups in total. The van der Waals surface area contributed by atoms with Crippen LogP contribution in [0.15, 0.2) is 4.99 Å². The molecule has 134 valence electrons. The van der Waals surface area contributed by atoms with E-state index < -0.39 is 0 Å². The van der Waals surface area contributed by atoms with Crippen molar-refractivity contribution in [3.63, 3.8) is 0 Å². The summed E-state index contributed by atoms with van der Waals surface area (Å²) in [5, 5.41) is 7.79. The maximum absolute atomic E-state index is 5.07. The SMILES string of the molecule is CN=C(NCCCN(C)CCOC)NCc1sc(C)nc1C.I. The smallest absolute Gasteiger partial charge is 0.191 e. The van der Waals surface area contributed by atoms with Gasteiger partial charge in [0.05, 0.1) is 23.9 Å². The third kappa shape index (κ3) is 9.43. The number of likely N-dealkylation sites (N-methyl/N-ethyl adjacent to an activating group) is 1. The van der Waals surface area contributed by atoms with Crippen molar-refractivity contribution in [2.24, 2.45) is 4.99 Å². The second kappa shape index (κ2) is 12.9. The summed E-state index contributed by atoms with van der Waals surface area (Å²) in [6.45, 7) is 8.54. The van der Waals surface area contributed by atoms with Crippen molar-refractivity contribution in [3.05, 3.63) is 15.6 Å². The summed E-state index contributed by atoms with van der Waals surface area (Å²) in [6, 6.07) is 0. The van der Waals surface area contributed by atoms with Gasteiger partial charge < -0.3 is 20.3 Å². The van der Waals surface area contributed by atoms with E-state index in [-0.39, 0.29) is 24.0 Å². The molecule has 1 heterocycles. The fraction of sp³-hybridized carbons (Fsp3) is 0.733. The minimum Gasteiger partial charge on any atom is -0.383 e. The lowest BCUT2D eigenvalue weighted by atomic mass is 10.4. The first kappa shape index (κ1) is 22.6. The van der Waals surface area contributed by atoms with Crippen LogP contribution in [0.1, 0.15) is 22.0 Å². The first-order chi connectivity index (χ1) is 10.6. The first-order valence-electron chi connectivity index (χ1n) is 7.61. The first-order valence-corrected chi connectivity index (χ1v) is 8.43. The number of guanidine groups is 1. The van der Waals surface area contributed by atoms with Gasteiger partial charge in [0.2, 0.25) is 0 Å². The zero-order chi connectivity index (χ0) is 16.4. The van der Waals surface area contributed by atoms with E-state index in [0.29, 0.717) is 0 Å². The number of methoxy groups -OCH3 is 1. The molecular formula is C15H30IN5OS. The average Bonchev–Trinajstić information content (AvgIpc) is 2.82. The Labute approximate surface area is 161 Å². The van der Waals surface area contributed by atoms with E-state index in [4.69, 9.17) is 4.74 Å². The van der Waals surface area contributed by atoms with Gasteiger partial charge in [-0.15, -0.1) is 35.3 Å². The van der Waals surface area contributed by atoms with Crippen LogP contribution in [0, 0.1) is 13.8 Å². The molecule has 23 heavy (non-hydrogen) atoms. The minimum atomic E-state index is 0. The molecule has 8 heteroatoms. The molecule has 0 saturated carbocycles. The van der Waals surface area contributed by atoms with Crippen LogP contribution in [0.5, 0.6) is 0 Å². The molecule has 0 aliphatic heterocycles. The van der Waals surface area contributed by atoms with Gasteiger partial charge >= 0.3 is 0 Å². The summed E-state index contributed by atoms with van der Waals surface area (Å²) >= 11 is 1.73. The highest BCUT2D eigenvalue weighted by atomic mass is 127. The Bertz CT molecular complexity index is 467. The number of rotatable bonds is 9. The molecule has 1 aromatic rings. The van der Waals surface area contributed by atoms with Crippen LogP contribution in [0.25, 0.3) is 0 Å². The molecule has 0 fully saturated rings. The lowest BCUT2D eigenvalue weighted by Crippen LogP contribution is -2.38. The van der Waals surface area contributed by atoms with Crippen LogP contribution in [0.3, 0.4) is 0 Å². The van der Waals surface area contributed by atoms with Crippen LogP contribution in [0.4, 0.5) is 0 Å². The van der Waals surface area contributed by atoms with Gasteiger partial charge in [-0.2, -0.15) is 0 Å². The Kier molecular flexibility index (Phi) is 12.7. The molecule has 6 nitrogen and oxygen atoms in total. The number of aliphatic imine (C=N–C) groups is 1. The highest BCUT2D eigenvalue weighted by Crippen LogP contribution is 2.16. The van der Waals surface area contributed by atoms with Crippen molar-refractivity contribution >= 4 is 41.3 Å². The summed E-state index contributed by atoms with van der Waals surface area (Å²) in [7, 11) is 5.64. The van der Waals surface area contributed by atoms with Gasteiger partial charge in [-0.3, -0.25) is 4.99 Å². The van der Waals surface area contributed by atoms with Gasteiger partial charge in [-0.05, 0) is 33.9 Å². The quantitative estimate of drug-likeness (QED) is 0.258. The Morgan fingerprint density at radius 2 is 2.04 bits per heavy atom. The van der Waals surface area contributed by atoms with Crippen LogP contribution < -0.4 is 10.6 Å². The van der Waals surface area contributed by atoms with Crippen LogP contribution in [-0.4, -0.2) is 63.3 Å². The van der Waals surface area contributed by atoms with Crippen molar-refractivity contribution in [2.45, 2.75) is 26.8 Å². The minimum absolute atomic E-state index is 0. The number of nitrogens with zero attached hydrogens (tertiary/aromatic N) is 3. The predicted octanol–water partition coefficient (Wildman–Crippen LogP) is 2.01. The van der Waals surface area contributed by atoms with E-state index >= 15 is 0 Å². The largest absolute Gasteiger partial charge is 0.383 e. The van der Waals surface area contributed by atoms with E-state index in [1.807, 2.05) is 13.8 Å². The highest BCUT2D eigenvalue weighted by molar-refractivity contribution is 14.0. The number of hydrogen-bond acceptors (Lipinski definition) is 5. The van der Waals surface area contributed by atoms with Crippen molar-refractivity contribution in [3.8, 4) is 0 Å². The number of thiazole rings is 1. The summed E-state index contributed by atoms with van der Waals surface area (Å²) < 4.78 is 5.07. The van der Waals surface area contributed by atoms with E-state index in [2.05, 4.69) is 32.6 Å². The molecule has 0 radical (unpaired) electrons. The van der Waals surface area contributed by atoms with Crippen LogP contribution in [-0.2, 0) is 11.3 Å². The van der Waals surface area contributed by atoms with Gasteiger partial charge in [0.15, 0.2) is 5.96 Å². The van der Waals surface area contributed by atoms with E-state index in [0.717, 1.165) is 55.9 Å². The topological polar surface area (TPSA) is 61.8 Å². The lowest BCUT2D eigenvalue weighted by molar-refractivity contribution is 0.161. The van der Waals surface area contributed by atoms with Crippen molar-refractivity contribution in [1.29, 1.82) is 0 Å². The average molecular weight is 455 g/mol. The van der Waals surface area contributed by atoms with Crippen molar-refractivity contribution < 1.29 is 4.74 Å². The normalized spacial score (nSPS) is 11.5. The fourth-order valence-electron chi connectivity index (χ4n) is 2.04. The number of nitrogens with one attached hydrogen (secondary N) is 2. The lowest BCUT2D eigenvalue weighted by Gasteiger charge is -2.16. The monoisotopic (exact) mass is 455 g/mol. The van der Waals surface area contributed by atoms with Gasteiger partial charge in [0.1, 0.15) is 0 Å². The summed E-state index contributed by atoms with van der Waals surface area (Å²) in [5.41, 5.74) is 1.10. The third-order valence-corrected chi connectivity index (χ3v) is 4.40. The van der Waals surface area contributed by atoms with Crippen molar-refractivity contribution in [2.75, 3.05) is 47.4 Å². The van der Waals surface area contributed by atoms with Gasteiger partial charge in [-0.25, -0.2) is 4.98 Å². The Morgan fingerprint density at radius 1 is 1.30 bits per heavy atom. The molecule has 0 aliphatic carbocycles. The van der Waals surface area contributed by atoms with Crippen molar-refractivity contribution in [1.82, 2.24) is 20.5 Å². The maximum Gasteiger partial charge on any atom is 0.191 e. The number of ether oxygens (including phenoxy) is 1. The second-order valence-electron chi connectivity index (χ2n) is 5.24. The van der Waals surface area contributed by atoms with E-state index in [1.165, 1.54) is 4.88 Å². The van der Waals surface area contributed by atoms with Crippen LogP contribution >= 0.6 is 35.3 Å². The standard InChI is InChI=1S/C15H29N5OS.HI/c1-12-14(22-13(2)19-12)11-18-15(16-3)17-7-6-8-20(4)9-10-21-5;/h6-11H2,1-5H3,(H2,16,17,18);1H. The zero-order valence-electron chi connectivity index (χ0n) is 14.8. The Balaban J connectivity index is 0.00000484. The van der Waals surface area contributed by atoms with Gasteiger partial charge in [0, 0.05) is 32.1 Å². The molecule has 1 aromatic heterocycles. The molecule has 0 amide bonds. The molecule has 0 unspecified atom stereocenters. The number of aromatic nitrogens is 1. The van der Waals surface area contributed by atoms with Crippen LogP contribution in [0.2, 0.25) is 0 Å². The van der Waals surface area contributed by atoms with E-state index in [9.17, 15) is 0 Å². The summed E-state index contributed by atoms with van der Waals surface area (Å²) in [6.07, 6.45) is 1.07. The molecule has 0 bridgehead atoms.